The van der Waals surface area contributed by atoms with E-state index in [2.05, 4.69) is 55.8 Å². The van der Waals surface area contributed by atoms with E-state index in [1.54, 1.807) is 127 Å². The van der Waals surface area contributed by atoms with Crippen LogP contribution in [0.15, 0.2) is 73.1 Å². The molecule has 4 aliphatic rings. The zero-order chi connectivity index (χ0) is 95.4. The van der Waals surface area contributed by atoms with Crippen LogP contribution in [0.4, 0.5) is 85.4 Å². The molecule has 49 heteroatoms. The number of nitrogens with zero attached hydrogens (tertiary/aromatic N) is 15. The van der Waals surface area contributed by atoms with Crippen molar-refractivity contribution >= 4 is 146 Å². The molecule has 2 amide bonds. The van der Waals surface area contributed by atoms with Gasteiger partial charge in [-0.05, 0) is 235 Å². The number of carbonyl (C=O) groups excluding carboxylic acids is 2. The fourth-order valence-corrected chi connectivity index (χ4v) is 15.8. The molecule has 0 atom stereocenters. The Kier molecular flexibility index (Phi) is 37.9. The largest absolute Gasteiger partial charge is 0.474 e. The number of hydrogen-bond donors (Lipinski definition) is 6. The lowest BCUT2D eigenvalue weighted by molar-refractivity contribution is -0.512. The van der Waals surface area contributed by atoms with Crippen molar-refractivity contribution in [3.05, 3.63) is 146 Å². The van der Waals surface area contributed by atoms with Crippen LogP contribution in [0.3, 0.4) is 0 Å². The minimum absolute atomic E-state index is 0. The van der Waals surface area contributed by atoms with Crippen LogP contribution < -0.4 is 54.1 Å². The molecule has 13 rings (SSSR count). The molecule has 4 fully saturated rings. The Labute approximate surface area is 764 Å². The van der Waals surface area contributed by atoms with Gasteiger partial charge in [-0.1, -0.05) is 15.6 Å². The van der Waals surface area contributed by atoms with Crippen LogP contribution in [0.25, 0.3) is 43.6 Å². The monoisotopic (exact) mass is 1960 g/mol. The Morgan fingerprint density at radius 2 is 0.731 bits per heavy atom. The zero-order valence-electron chi connectivity index (χ0n) is 74.4. The Bertz CT molecular complexity index is 5780. The van der Waals surface area contributed by atoms with E-state index in [4.69, 9.17) is 26.2 Å². The molecule has 7 N–H and O–H groups in total. The third-order valence-electron chi connectivity index (χ3n) is 20.0. The molecule has 0 spiro atoms. The van der Waals surface area contributed by atoms with Crippen LogP contribution in [0.1, 0.15) is 135 Å². The second kappa shape index (κ2) is 45.0. The lowest BCUT2D eigenvalue weighted by Gasteiger charge is -2.25. The molecular weight excluding hydrogens is 1860 g/mol. The van der Waals surface area contributed by atoms with E-state index in [0.29, 0.717) is 65.4 Å². The Balaban J connectivity index is 0.000000248. The van der Waals surface area contributed by atoms with Gasteiger partial charge in [-0.15, -0.1) is 33.2 Å². The van der Waals surface area contributed by atoms with Gasteiger partial charge >= 0.3 is 57.3 Å². The highest BCUT2D eigenvalue weighted by Gasteiger charge is 2.41. The van der Waals surface area contributed by atoms with Gasteiger partial charge in [-0.2, -0.15) is 82.9 Å². The van der Waals surface area contributed by atoms with E-state index in [0.717, 1.165) is 95.4 Å². The summed E-state index contributed by atoms with van der Waals surface area (Å²) >= 11 is 5.74. The van der Waals surface area contributed by atoms with Crippen molar-refractivity contribution in [2.75, 3.05) is 138 Å². The van der Waals surface area contributed by atoms with Crippen molar-refractivity contribution in [1.82, 2.24) is 73.9 Å². The zero-order valence-corrected chi connectivity index (χ0v) is 79.2. The summed E-state index contributed by atoms with van der Waals surface area (Å²) in [5.74, 6) is -4.10. The first-order valence-electron chi connectivity index (χ1n) is 40.4. The number of nitrogens with two attached hydrogens (primary N) is 1. The summed E-state index contributed by atoms with van der Waals surface area (Å²) < 4.78 is 246. The molecule has 0 bridgehead atoms. The van der Waals surface area contributed by atoms with E-state index in [1.165, 1.54) is 31.9 Å². The van der Waals surface area contributed by atoms with Crippen LogP contribution in [-0.2, 0) is 64.8 Å². The average molecular weight is 1970 g/mol. The number of halogens is 15. The minimum atomic E-state index is -4.74. The predicted octanol–water partition coefficient (Wildman–Crippen LogP) is 13.6. The molecule has 130 heavy (non-hydrogen) atoms. The number of amides is 2. The molecule has 5 aromatic heterocycles. The predicted molar refractivity (Wildman–Crippen MR) is 478 cm³/mol. The maximum Gasteiger partial charge on any atom is 0.474 e. The standard InChI is InChI=1S/C21H28F3N5O4S.C16H20F3N5O2S.C16H19F3N4.C12H19N3O4S.C11H8ClF3N2.C5H12N2.2ClH/c1-13-11-15-16(12-14(13)2)25-18(21(22,23)24)26-17(15)28-7-6-8-29(10-9-28)34(31,32)27-19(30)33-20(3,4)5;1-10-8-12-13(9-11(10)2)21-15(16(17,18)19)22-14(12)23-4-3-5-24(7-6-23)27(20,25)26;1-10-8-12-13(9-11(10)2)21-15(16(17,18)19)22-14(12)23-6-3-4-20-5-7-23;1-12(2,3)19-11(16)13-20(17,18)15-8-6-10(7-9-15)14(4)5;1-5-3-7-8(4-6(5)2)16-10(11(13,14)15)17-9(7)12;1-2-6-4-5-7-3-1;;/h11-12H,6-10H2,1-5H3,(H,27,30);8-9H,3-7H2,1-2H3,(H2,20,25,26);8-9,20H,3-7H2,1-2H3;6-9H,1-5H3;3-4H,1-2H3;6-7H,1-5H2;2*1H/p+1. The van der Waals surface area contributed by atoms with Crippen LogP contribution >= 0.6 is 36.4 Å². The fraction of sp³-hybridized carbons (Fsp3) is 0.519. The first-order valence-corrected chi connectivity index (χ1v) is 45.2. The number of alkyl halides is 12. The molecular formula is C81H109Cl3F12N21O10S3+. The summed E-state index contributed by atoms with van der Waals surface area (Å²) in [4.78, 5) is 59.9. The number of rotatable bonds is 9. The highest BCUT2D eigenvalue weighted by molar-refractivity contribution is 7.87. The maximum absolute atomic E-state index is 13.5. The minimum Gasteiger partial charge on any atom is -0.443 e. The Morgan fingerprint density at radius 1 is 0.415 bits per heavy atom. The third-order valence-corrected chi connectivity index (χ3v) is 24.1. The Morgan fingerprint density at radius 3 is 1.10 bits per heavy atom. The van der Waals surface area contributed by atoms with Gasteiger partial charge in [-0.25, -0.2) is 59.3 Å². The second-order valence-corrected chi connectivity index (χ2v) is 37.9. The second-order valence-electron chi connectivity index (χ2n) is 32.7. The van der Waals surface area contributed by atoms with Gasteiger partial charge in [0.05, 0.1) is 22.1 Å². The van der Waals surface area contributed by atoms with Crippen LogP contribution in [0, 0.1) is 55.4 Å². The van der Waals surface area contributed by atoms with E-state index in [-0.39, 0.29) is 104 Å². The summed E-state index contributed by atoms with van der Waals surface area (Å²) in [5.41, 5.74) is 7.29. The lowest BCUT2D eigenvalue weighted by atomic mass is 10.1. The van der Waals surface area contributed by atoms with Gasteiger partial charge in [0.25, 0.3) is 10.2 Å². The lowest BCUT2D eigenvalue weighted by Crippen LogP contribution is -2.52. The number of aromatic nitrogens is 9. The number of benzene rings is 4. The Hall–Kier alpha value is -9.23. The molecule has 0 unspecified atom stereocenters. The molecule has 4 aliphatic heterocycles. The fourth-order valence-electron chi connectivity index (χ4n) is 13.0. The SMILES string of the molecule is C1CNCCNC1.CN(C)c1cc[n+](S(=O)(=O)NC(=O)OC(C)(C)C)cc1.Cc1cc2nc(C(F)(F)F)nc(Cl)c2cc1C.Cc1cc2nc(C(F)(F)F)nc(N3CCCN(S(=O)(=O)NC(=O)OC(C)(C)C)CC3)c2cc1C.Cc1cc2nc(C(F)(F)F)nc(N3CCCN(S(N)(=O)=O)CC3)c2cc1C.Cc1cc2nc(C(F)(F)F)nc(N3CCCNCC3)c2cc1C.Cl.Cl. The third kappa shape index (κ3) is 31.5. The van der Waals surface area contributed by atoms with E-state index in [9.17, 15) is 87.5 Å². The summed E-state index contributed by atoms with van der Waals surface area (Å²) in [6.45, 7) is 33.3. The topological polar surface area (TPSA) is 368 Å². The van der Waals surface area contributed by atoms with Gasteiger partial charge < -0.3 is 45.0 Å². The summed E-state index contributed by atoms with van der Waals surface area (Å²) in [6, 6.07) is 16.8. The average Bonchev–Trinajstić information content (AvgIpc) is 0.981. The highest BCUT2D eigenvalue weighted by atomic mass is 35.5. The highest BCUT2D eigenvalue weighted by Crippen LogP contribution is 2.39. The van der Waals surface area contributed by atoms with Gasteiger partial charge in [0.15, 0.2) is 12.4 Å². The molecule has 31 nitrogen and oxygen atoms in total. The number of aryl methyl sites for hydroxylation is 8. The quantitative estimate of drug-likeness (QED) is 0.0444. The van der Waals surface area contributed by atoms with Gasteiger partial charge in [0, 0.05) is 139 Å². The van der Waals surface area contributed by atoms with Gasteiger partial charge in [-0.3, -0.25) is 0 Å². The van der Waals surface area contributed by atoms with E-state index >= 15 is 0 Å². The smallest absolute Gasteiger partial charge is 0.443 e. The number of carbonyl (C=O) groups is 2. The molecule has 0 radical (unpaired) electrons. The number of pyridine rings is 1. The summed E-state index contributed by atoms with van der Waals surface area (Å²) in [5, 5.41) is 16.9. The van der Waals surface area contributed by atoms with Crippen LogP contribution in [-0.4, -0.2) is 216 Å². The number of nitrogens with one attached hydrogen (secondary N) is 5. The number of hydrogen-bond acceptors (Lipinski definition) is 25. The molecule has 9 aromatic rings. The van der Waals surface area contributed by atoms with Crippen LogP contribution in [0.2, 0.25) is 5.15 Å². The summed E-state index contributed by atoms with van der Waals surface area (Å²) in [7, 11) is -8.37. The first-order chi connectivity index (χ1) is 59.2. The van der Waals surface area contributed by atoms with Crippen molar-refractivity contribution < 1.29 is 101 Å². The van der Waals surface area contributed by atoms with Crippen molar-refractivity contribution in [3.8, 4) is 0 Å². The van der Waals surface area contributed by atoms with Crippen molar-refractivity contribution in [1.29, 1.82) is 0 Å². The summed E-state index contributed by atoms with van der Waals surface area (Å²) in [6.07, 6.45) is -15.1. The number of anilines is 4. The molecule has 0 saturated carbocycles. The van der Waals surface area contributed by atoms with Crippen molar-refractivity contribution in [2.45, 2.75) is 159 Å². The van der Waals surface area contributed by atoms with Crippen LogP contribution in [0.5, 0.6) is 0 Å². The molecule has 4 saturated heterocycles. The van der Waals surface area contributed by atoms with E-state index in [1.807, 2.05) is 74.0 Å². The molecule has 720 valence electrons. The maximum atomic E-state index is 13.5. The molecule has 4 aromatic carbocycles. The van der Waals surface area contributed by atoms with Gasteiger partial charge in [0.2, 0.25) is 23.3 Å². The first kappa shape index (κ1) is 110. The molecule has 9 heterocycles. The van der Waals surface area contributed by atoms with Crippen molar-refractivity contribution in [2.24, 2.45) is 5.14 Å². The van der Waals surface area contributed by atoms with E-state index < -0.39 is 102 Å². The number of ether oxygens (including phenoxy) is 2. The van der Waals surface area contributed by atoms with Crippen molar-refractivity contribution in [3.63, 3.8) is 0 Å². The number of fused-ring (bicyclic) bond motifs is 4. The normalized spacial score (nSPS) is 15.5. The van der Waals surface area contributed by atoms with Gasteiger partial charge in [0.1, 0.15) is 33.8 Å². The molecule has 0 aliphatic carbocycles.